The molecule has 20 heavy (non-hydrogen) atoms. The Morgan fingerprint density at radius 1 is 1.35 bits per heavy atom. The predicted octanol–water partition coefficient (Wildman–Crippen LogP) is 2.45. The monoisotopic (exact) mass is 272 g/mol. The van der Waals surface area contributed by atoms with Gasteiger partial charge in [-0.2, -0.15) is 0 Å². The lowest BCUT2D eigenvalue weighted by molar-refractivity contribution is 0.571. The molecule has 0 fully saturated rings. The summed E-state index contributed by atoms with van der Waals surface area (Å²) >= 11 is 0. The first kappa shape index (κ1) is 14.7. The minimum atomic E-state index is 0.443. The summed E-state index contributed by atoms with van der Waals surface area (Å²) in [5, 5.41) is 11.8. The van der Waals surface area contributed by atoms with Crippen molar-refractivity contribution in [2.45, 2.75) is 32.6 Å². The van der Waals surface area contributed by atoms with E-state index in [-0.39, 0.29) is 0 Å². The van der Waals surface area contributed by atoms with Crippen molar-refractivity contribution in [3.8, 4) is 0 Å². The van der Waals surface area contributed by atoms with Crippen LogP contribution in [-0.4, -0.2) is 28.1 Å². The quantitative estimate of drug-likeness (QED) is 0.787. The van der Waals surface area contributed by atoms with Crippen LogP contribution in [0.4, 0.5) is 0 Å². The zero-order chi connectivity index (χ0) is 14.4. The van der Waals surface area contributed by atoms with Crippen LogP contribution in [0.2, 0.25) is 0 Å². The first-order valence-electron chi connectivity index (χ1n) is 7.31. The van der Waals surface area contributed by atoms with Crippen LogP contribution >= 0.6 is 0 Å². The van der Waals surface area contributed by atoms with E-state index < -0.39 is 0 Å². The van der Waals surface area contributed by atoms with E-state index in [1.807, 2.05) is 13.2 Å². The van der Waals surface area contributed by atoms with E-state index >= 15 is 0 Å². The molecule has 1 aromatic carbocycles. The fourth-order valence-corrected chi connectivity index (χ4v) is 2.43. The second-order valence-corrected chi connectivity index (χ2v) is 5.40. The zero-order valence-corrected chi connectivity index (χ0v) is 12.6. The predicted molar refractivity (Wildman–Crippen MR) is 81.8 cm³/mol. The van der Waals surface area contributed by atoms with Crippen molar-refractivity contribution in [1.82, 2.24) is 20.3 Å². The molecule has 0 amide bonds. The second-order valence-electron chi connectivity index (χ2n) is 5.40. The molecule has 0 saturated carbocycles. The lowest BCUT2D eigenvalue weighted by atomic mass is 9.93. The van der Waals surface area contributed by atoms with Crippen molar-refractivity contribution in [1.29, 1.82) is 0 Å². The standard InChI is InChI=1S/C16H24N4/c1-4-8-17-11-15(10-16-12-20(3)19-18-16)14-7-5-6-13(2)9-14/h5-7,9,12,15,17H,4,8,10-11H2,1-3H3. The second kappa shape index (κ2) is 7.20. The summed E-state index contributed by atoms with van der Waals surface area (Å²) in [5.41, 5.74) is 3.73. The molecule has 1 unspecified atom stereocenters. The molecule has 0 spiro atoms. The van der Waals surface area contributed by atoms with Gasteiger partial charge in [0.25, 0.3) is 0 Å². The molecule has 1 N–H and O–H groups in total. The largest absolute Gasteiger partial charge is 0.316 e. The van der Waals surface area contributed by atoms with Crippen LogP contribution in [0.1, 0.15) is 36.1 Å². The lowest BCUT2D eigenvalue weighted by Crippen LogP contribution is -2.24. The first-order chi connectivity index (χ1) is 9.69. The Hall–Kier alpha value is -1.68. The Bertz CT molecular complexity index is 533. The van der Waals surface area contributed by atoms with E-state index in [0.717, 1.165) is 31.6 Å². The summed E-state index contributed by atoms with van der Waals surface area (Å²) in [6.45, 7) is 6.37. The van der Waals surface area contributed by atoms with Crippen molar-refractivity contribution >= 4 is 0 Å². The minimum absolute atomic E-state index is 0.443. The van der Waals surface area contributed by atoms with Crippen molar-refractivity contribution in [2.75, 3.05) is 13.1 Å². The fourth-order valence-electron chi connectivity index (χ4n) is 2.43. The summed E-state index contributed by atoms with van der Waals surface area (Å²) in [6, 6.07) is 8.76. The van der Waals surface area contributed by atoms with Gasteiger partial charge in [-0.25, -0.2) is 0 Å². The van der Waals surface area contributed by atoms with Gasteiger partial charge in [-0.05, 0) is 25.5 Å². The molecule has 1 atom stereocenters. The normalized spacial score (nSPS) is 12.6. The third-order valence-electron chi connectivity index (χ3n) is 3.44. The Balaban J connectivity index is 2.11. The van der Waals surface area contributed by atoms with Gasteiger partial charge in [0.05, 0.1) is 5.69 Å². The van der Waals surface area contributed by atoms with Gasteiger partial charge in [-0.15, -0.1) is 5.10 Å². The SMILES string of the molecule is CCCNCC(Cc1cn(C)nn1)c1cccc(C)c1. The number of rotatable bonds is 7. The average Bonchev–Trinajstić information content (AvgIpc) is 2.83. The fraction of sp³-hybridized carbons (Fsp3) is 0.500. The molecule has 0 radical (unpaired) electrons. The van der Waals surface area contributed by atoms with E-state index in [4.69, 9.17) is 0 Å². The van der Waals surface area contributed by atoms with Gasteiger partial charge in [-0.1, -0.05) is 42.0 Å². The third-order valence-corrected chi connectivity index (χ3v) is 3.44. The van der Waals surface area contributed by atoms with E-state index in [0.29, 0.717) is 5.92 Å². The van der Waals surface area contributed by atoms with Crippen LogP contribution in [0.3, 0.4) is 0 Å². The van der Waals surface area contributed by atoms with Crippen molar-refractivity contribution in [3.63, 3.8) is 0 Å². The highest BCUT2D eigenvalue weighted by atomic mass is 15.4. The van der Waals surface area contributed by atoms with Crippen LogP contribution in [0, 0.1) is 6.92 Å². The van der Waals surface area contributed by atoms with Crippen LogP contribution in [0.5, 0.6) is 0 Å². The van der Waals surface area contributed by atoms with Gasteiger partial charge in [0.2, 0.25) is 0 Å². The molecular formula is C16H24N4. The molecule has 2 rings (SSSR count). The number of nitrogens with one attached hydrogen (secondary N) is 1. The smallest absolute Gasteiger partial charge is 0.0833 e. The van der Waals surface area contributed by atoms with Gasteiger partial charge < -0.3 is 5.32 Å². The minimum Gasteiger partial charge on any atom is -0.316 e. The summed E-state index contributed by atoms with van der Waals surface area (Å²) in [5.74, 6) is 0.443. The molecule has 1 aromatic heterocycles. The summed E-state index contributed by atoms with van der Waals surface area (Å²) in [7, 11) is 1.91. The maximum atomic E-state index is 4.22. The molecule has 1 heterocycles. The molecule has 0 aliphatic carbocycles. The van der Waals surface area contributed by atoms with Gasteiger partial charge in [0, 0.05) is 32.1 Å². The molecule has 2 aromatic rings. The van der Waals surface area contributed by atoms with Crippen LogP contribution in [0.15, 0.2) is 30.5 Å². The molecule has 0 saturated heterocycles. The molecule has 0 bridgehead atoms. The third kappa shape index (κ3) is 4.17. The van der Waals surface area contributed by atoms with Gasteiger partial charge >= 0.3 is 0 Å². The summed E-state index contributed by atoms with van der Waals surface area (Å²) < 4.78 is 1.77. The molecule has 0 aliphatic heterocycles. The van der Waals surface area contributed by atoms with E-state index in [9.17, 15) is 0 Å². The zero-order valence-electron chi connectivity index (χ0n) is 12.6. The number of aryl methyl sites for hydroxylation is 2. The average molecular weight is 272 g/mol. The van der Waals surface area contributed by atoms with E-state index in [2.05, 4.69) is 53.7 Å². The Morgan fingerprint density at radius 2 is 2.20 bits per heavy atom. The number of aromatic nitrogens is 3. The van der Waals surface area contributed by atoms with Crippen molar-refractivity contribution in [2.24, 2.45) is 7.05 Å². The molecule has 4 heteroatoms. The number of hydrogen-bond acceptors (Lipinski definition) is 3. The van der Waals surface area contributed by atoms with Gasteiger partial charge in [-0.3, -0.25) is 4.68 Å². The van der Waals surface area contributed by atoms with Crippen LogP contribution in [-0.2, 0) is 13.5 Å². The molecule has 4 nitrogen and oxygen atoms in total. The summed E-state index contributed by atoms with van der Waals surface area (Å²) in [4.78, 5) is 0. The van der Waals surface area contributed by atoms with Gasteiger partial charge in [0.15, 0.2) is 0 Å². The Labute approximate surface area is 121 Å². The number of nitrogens with zero attached hydrogens (tertiary/aromatic N) is 3. The summed E-state index contributed by atoms with van der Waals surface area (Å²) in [6.07, 6.45) is 4.09. The highest BCUT2D eigenvalue weighted by Crippen LogP contribution is 2.20. The number of hydrogen-bond donors (Lipinski definition) is 1. The number of benzene rings is 1. The molecular weight excluding hydrogens is 248 g/mol. The van der Waals surface area contributed by atoms with Crippen molar-refractivity contribution < 1.29 is 0 Å². The maximum Gasteiger partial charge on any atom is 0.0833 e. The topological polar surface area (TPSA) is 42.7 Å². The van der Waals surface area contributed by atoms with Gasteiger partial charge in [0.1, 0.15) is 0 Å². The Morgan fingerprint density at radius 3 is 2.85 bits per heavy atom. The maximum absolute atomic E-state index is 4.22. The van der Waals surface area contributed by atoms with Crippen LogP contribution < -0.4 is 5.32 Å². The lowest BCUT2D eigenvalue weighted by Gasteiger charge is -2.17. The molecule has 108 valence electrons. The van der Waals surface area contributed by atoms with E-state index in [1.54, 1.807) is 4.68 Å². The van der Waals surface area contributed by atoms with E-state index in [1.165, 1.54) is 11.1 Å². The highest BCUT2D eigenvalue weighted by molar-refractivity contribution is 5.26. The highest BCUT2D eigenvalue weighted by Gasteiger charge is 2.14. The van der Waals surface area contributed by atoms with Crippen molar-refractivity contribution in [3.05, 3.63) is 47.3 Å². The first-order valence-corrected chi connectivity index (χ1v) is 7.31. The Kier molecular flexibility index (Phi) is 5.30. The van der Waals surface area contributed by atoms with Crippen LogP contribution in [0.25, 0.3) is 0 Å². The molecule has 0 aliphatic rings.